The highest BCUT2D eigenvalue weighted by atomic mass is 35.5. The van der Waals surface area contributed by atoms with Gasteiger partial charge >= 0.3 is 0 Å². The number of ketones is 1. The highest BCUT2D eigenvalue weighted by Crippen LogP contribution is 2.18. The zero-order valence-corrected chi connectivity index (χ0v) is 9.66. The quantitative estimate of drug-likeness (QED) is 0.716. The van der Waals surface area contributed by atoms with Crippen molar-refractivity contribution < 1.29 is 4.79 Å². The molecule has 0 aliphatic carbocycles. The second kappa shape index (κ2) is 4.50. The van der Waals surface area contributed by atoms with Crippen molar-refractivity contribution in [2.45, 2.75) is 6.92 Å². The van der Waals surface area contributed by atoms with Crippen molar-refractivity contribution in [2.75, 3.05) is 0 Å². The maximum atomic E-state index is 12.1. The largest absolute Gasteiger partial charge is 0.289 e. The first kappa shape index (κ1) is 10.9. The van der Waals surface area contributed by atoms with Gasteiger partial charge in [-0.2, -0.15) is 0 Å². The highest BCUT2D eigenvalue weighted by Gasteiger charge is 2.09. The number of carbonyl (C=O) groups is 1. The van der Waals surface area contributed by atoms with Crippen molar-refractivity contribution in [3.05, 3.63) is 70.2 Å². The van der Waals surface area contributed by atoms with E-state index in [1.54, 1.807) is 24.3 Å². The second-order valence-electron chi connectivity index (χ2n) is 3.66. The summed E-state index contributed by atoms with van der Waals surface area (Å²) in [6.07, 6.45) is 0. The van der Waals surface area contributed by atoms with Gasteiger partial charge in [-0.3, -0.25) is 4.79 Å². The molecule has 0 saturated heterocycles. The molecular weight excluding hydrogens is 220 g/mol. The lowest BCUT2D eigenvalue weighted by Gasteiger charge is -2.03. The fourth-order valence-corrected chi connectivity index (χ4v) is 1.67. The van der Waals surface area contributed by atoms with Gasteiger partial charge in [0.25, 0.3) is 0 Å². The predicted octanol–water partition coefficient (Wildman–Crippen LogP) is 3.88. The summed E-state index contributed by atoms with van der Waals surface area (Å²) in [5.41, 5.74) is 2.29. The normalized spacial score (nSPS) is 10.1. The summed E-state index contributed by atoms with van der Waals surface area (Å²) < 4.78 is 0. The molecule has 0 heterocycles. The smallest absolute Gasteiger partial charge is 0.193 e. The van der Waals surface area contributed by atoms with Gasteiger partial charge in [-0.05, 0) is 18.6 Å². The molecule has 80 valence electrons. The standard InChI is InChI=1S/C14H11ClO/c1-10-7-8-12(9-13(10)15)14(16)11-5-3-2-4-6-11/h2-9H,1H3. The van der Waals surface area contributed by atoms with E-state index in [1.165, 1.54) is 0 Å². The molecule has 0 fully saturated rings. The summed E-state index contributed by atoms with van der Waals surface area (Å²) in [4.78, 5) is 12.1. The molecule has 0 N–H and O–H groups in total. The second-order valence-corrected chi connectivity index (χ2v) is 4.07. The maximum Gasteiger partial charge on any atom is 0.193 e. The number of aryl methyl sites for hydroxylation is 1. The van der Waals surface area contributed by atoms with Crippen LogP contribution in [0.1, 0.15) is 21.5 Å². The minimum Gasteiger partial charge on any atom is -0.289 e. The molecule has 16 heavy (non-hydrogen) atoms. The van der Waals surface area contributed by atoms with E-state index in [9.17, 15) is 4.79 Å². The summed E-state index contributed by atoms with van der Waals surface area (Å²) >= 11 is 5.99. The summed E-state index contributed by atoms with van der Waals surface area (Å²) in [5, 5.41) is 0.627. The zero-order valence-electron chi connectivity index (χ0n) is 8.91. The molecule has 0 amide bonds. The van der Waals surface area contributed by atoms with Crippen molar-refractivity contribution in [3.63, 3.8) is 0 Å². The molecule has 2 heteroatoms. The Kier molecular flexibility index (Phi) is 3.07. The lowest BCUT2D eigenvalue weighted by atomic mass is 10.0. The van der Waals surface area contributed by atoms with E-state index < -0.39 is 0 Å². The van der Waals surface area contributed by atoms with Gasteiger partial charge in [0.1, 0.15) is 0 Å². The third-order valence-electron chi connectivity index (χ3n) is 2.47. The van der Waals surface area contributed by atoms with Crippen LogP contribution in [0.2, 0.25) is 5.02 Å². The topological polar surface area (TPSA) is 17.1 Å². The van der Waals surface area contributed by atoms with E-state index >= 15 is 0 Å². The van der Waals surface area contributed by atoms with Crippen LogP contribution in [0.5, 0.6) is 0 Å². The first-order valence-corrected chi connectivity index (χ1v) is 5.42. The molecule has 0 saturated carbocycles. The van der Waals surface area contributed by atoms with Gasteiger partial charge in [0.15, 0.2) is 5.78 Å². The maximum absolute atomic E-state index is 12.1. The Hall–Kier alpha value is -1.60. The molecule has 0 aromatic heterocycles. The van der Waals surface area contributed by atoms with Crippen molar-refractivity contribution in [1.82, 2.24) is 0 Å². The number of rotatable bonds is 2. The van der Waals surface area contributed by atoms with Crippen molar-refractivity contribution >= 4 is 17.4 Å². The number of hydrogen-bond acceptors (Lipinski definition) is 1. The Morgan fingerprint density at radius 2 is 1.69 bits per heavy atom. The molecule has 0 radical (unpaired) electrons. The van der Waals surface area contributed by atoms with Crippen LogP contribution < -0.4 is 0 Å². The van der Waals surface area contributed by atoms with Crippen LogP contribution >= 0.6 is 11.6 Å². The van der Waals surface area contributed by atoms with E-state index in [2.05, 4.69) is 0 Å². The highest BCUT2D eigenvalue weighted by molar-refractivity contribution is 6.31. The van der Waals surface area contributed by atoms with Gasteiger partial charge in [-0.1, -0.05) is 54.1 Å². The summed E-state index contributed by atoms with van der Waals surface area (Å²) in [5.74, 6) is 0.00231. The minimum absolute atomic E-state index is 0.00231. The molecule has 2 rings (SSSR count). The molecule has 0 aliphatic heterocycles. The third kappa shape index (κ3) is 2.15. The van der Waals surface area contributed by atoms with Gasteiger partial charge < -0.3 is 0 Å². The van der Waals surface area contributed by atoms with Crippen molar-refractivity contribution in [3.8, 4) is 0 Å². The number of carbonyl (C=O) groups excluding carboxylic acids is 1. The Bertz CT molecular complexity index is 518. The number of hydrogen-bond donors (Lipinski definition) is 0. The van der Waals surface area contributed by atoms with Crippen LogP contribution in [0.15, 0.2) is 48.5 Å². The van der Waals surface area contributed by atoms with E-state index in [0.717, 1.165) is 5.56 Å². The molecule has 2 aromatic carbocycles. The van der Waals surface area contributed by atoms with Gasteiger partial charge in [0.2, 0.25) is 0 Å². The molecule has 0 unspecified atom stereocenters. The first-order valence-electron chi connectivity index (χ1n) is 5.04. The first-order chi connectivity index (χ1) is 7.68. The Morgan fingerprint density at radius 3 is 2.31 bits per heavy atom. The molecule has 0 atom stereocenters. The van der Waals surface area contributed by atoms with Crippen LogP contribution in [0.4, 0.5) is 0 Å². The van der Waals surface area contributed by atoms with Crippen LogP contribution in [-0.2, 0) is 0 Å². The SMILES string of the molecule is Cc1ccc(C(=O)c2ccccc2)cc1Cl. The number of benzene rings is 2. The molecule has 2 aromatic rings. The van der Waals surface area contributed by atoms with Crippen LogP contribution in [-0.4, -0.2) is 5.78 Å². The summed E-state index contributed by atoms with van der Waals surface area (Å²) in [6, 6.07) is 14.6. The predicted molar refractivity (Wildman–Crippen MR) is 66.1 cm³/mol. The molecule has 0 aliphatic rings. The Balaban J connectivity index is 2.39. The lowest BCUT2D eigenvalue weighted by molar-refractivity contribution is 0.103. The van der Waals surface area contributed by atoms with E-state index in [1.807, 2.05) is 31.2 Å². The van der Waals surface area contributed by atoms with E-state index in [-0.39, 0.29) is 5.78 Å². The molecule has 0 bridgehead atoms. The van der Waals surface area contributed by atoms with Gasteiger partial charge in [0, 0.05) is 16.1 Å². The molecular formula is C14H11ClO. The molecule has 0 spiro atoms. The zero-order chi connectivity index (χ0) is 11.5. The minimum atomic E-state index is 0.00231. The fourth-order valence-electron chi connectivity index (χ4n) is 1.49. The monoisotopic (exact) mass is 230 g/mol. The fraction of sp³-hybridized carbons (Fsp3) is 0.0714. The average Bonchev–Trinajstić information content (AvgIpc) is 2.33. The van der Waals surface area contributed by atoms with Crippen LogP contribution in [0, 0.1) is 6.92 Å². The summed E-state index contributed by atoms with van der Waals surface area (Å²) in [6.45, 7) is 1.92. The lowest BCUT2D eigenvalue weighted by Crippen LogP contribution is -2.00. The average molecular weight is 231 g/mol. The summed E-state index contributed by atoms with van der Waals surface area (Å²) in [7, 11) is 0. The van der Waals surface area contributed by atoms with Crippen molar-refractivity contribution in [1.29, 1.82) is 0 Å². The van der Waals surface area contributed by atoms with Crippen LogP contribution in [0.3, 0.4) is 0 Å². The third-order valence-corrected chi connectivity index (χ3v) is 2.88. The Morgan fingerprint density at radius 1 is 1.00 bits per heavy atom. The van der Waals surface area contributed by atoms with Crippen molar-refractivity contribution in [2.24, 2.45) is 0 Å². The number of halogens is 1. The van der Waals surface area contributed by atoms with E-state index in [0.29, 0.717) is 16.1 Å². The van der Waals surface area contributed by atoms with E-state index in [4.69, 9.17) is 11.6 Å². The van der Waals surface area contributed by atoms with Crippen LogP contribution in [0.25, 0.3) is 0 Å². The Labute approximate surface area is 99.7 Å². The van der Waals surface area contributed by atoms with Gasteiger partial charge in [-0.25, -0.2) is 0 Å². The van der Waals surface area contributed by atoms with Gasteiger partial charge in [-0.15, -0.1) is 0 Å². The van der Waals surface area contributed by atoms with Gasteiger partial charge in [0.05, 0.1) is 0 Å². The molecule has 1 nitrogen and oxygen atoms in total.